The van der Waals surface area contributed by atoms with E-state index in [0.29, 0.717) is 12.1 Å². The van der Waals surface area contributed by atoms with Gasteiger partial charge in [-0.25, -0.2) is 17.6 Å². The minimum atomic E-state index is -5.11. The first kappa shape index (κ1) is 32.1. The van der Waals surface area contributed by atoms with E-state index in [1.54, 1.807) is 18.7 Å². The Labute approximate surface area is 248 Å². The smallest absolute Gasteiger partial charge is 0.367 e. The van der Waals surface area contributed by atoms with E-state index < -0.39 is 71.6 Å². The minimum absolute atomic E-state index is 0.0600. The summed E-state index contributed by atoms with van der Waals surface area (Å²) >= 11 is 6.00. The van der Waals surface area contributed by atoms with Crippen molar-refractivity contribution in [3.8, 4) is 0 Å². The molecule has 43 heavy (non-hydrogen) atoms. The molecule has 2 atom stereocenters. The van der Waals surface area contributed by atoms with Crippen LogP contribution >= 0.6 is 11.6 Å². The van der Waals surface area contributed by atoms with Crippen LogP contribution in [-0.2, 0) is 23.3 Å². The zero-order valence-electron chi connectivity index (χ0n) is 22.9. The second-order valence-electron chi connectivity index (χ2n) is 10.5. The maximum atomic E-state index is 15.5. The molecule has 1 aliphatic rings. The fourth-order valence-corrected chi connectivity index (χ4v) is 5.21. The summed E-state index contributed by atoms with van der Waals surface area (Å²) in [6.07, 6.45) is -6.48. The number of halogens is 8. The van der Waals surface area contributed by atoms with E-state index in [9.17, 15) is 31.5 Å². The van der Waals surface area contributed by atoms with E-state index in [4.69, 9.17) is 11.6 Å². The summed E-state index contributed by atoms with van der Waals surface area (Å²) in [5.74, 6) is -7.86. The van der Waals surface area contributed by atoms with Crippen LogP contribution in [0.1, 0.15) is 47.3 Å². The number of anilines is 1. The van der Waals surface area contributed by atoms with Gasteiger partial charge in [0, 0.05) is 41.7 Å². The lowest BCUT2D eigenvalue weighted by Crippen LogP contribution is -2.54. The molecular weight excluding hydrogens is 603 g/mol. The van der Waals surface area contributed by atoms with Gasteiger partial charge in [-0.05, 0) is 61.9 Å². The number of alkyl halides is 5. The summed E-state index contributed by atoms with van der Waals surface area (Å²) in [4.78, 5) is 28.2. The van der Waals surface area contributed by atoms with Crippen LogP contribution in [0, 0.1) is 11.6 Å². The van der Waals surface area contributed by atoms with Crippen molar-refractivity contribution in [2.45, 2.75) is 56.9 Å². The predicted molar refractivity (Wildman–Crippen MR) is 147 cm³/mol. The van der Waals surface area contributed by atoms with Crippen LogP contribution < -0.4 is 15.5 Å². The van der Waals surface area contributed by atoms with Gasteiger partial charge in [-0.2, -0.15) is 13.2 Å². The standard InChI is InChI=1S/C30H27ClF7N3O2/c1-16(2)41-15-20(14-29(34,35)23-12-18(31)7-10-26(23)41)39-28(43)25(11-17-5-3-4-6-24(17)33)40-27(42)21-9-8-19(32)13-22(21)30(36,37)38/h3-10,12-13,16,20,25H,11,14-15H2,1-2H3,(H,39,43)(H,40,42)/t20?,25-/m1/s1. The molecule has 0 fully saturated rings. The third-order valence-electron chi connectivity index (χ3n) is 7.09. The zero-order chi connectivity index (χ0) is 31.7. The first-order valence-corrected chi connectivity index (χ1v) is 13.6. The summed E-state index contributed by atoms with van der Waals surface area (Å²) in [6.45, 7) is 3.45. The largest absolute Gasteiger partial charge is 0.417 e. The first-order chi connectivity index (χ1) is 20.1. The van der Waals surface area contributed by atoms with E-state index in [1.165, 1.54) is 30.3 Å². The number of amides is 2. The van der Waals surface area contributed by atoms with Crippen molar-refractivity contribution in [3.63, 3.8) is 0 Å². The molecule has 0 aromatic heterocycles. The van der Waals surface area contributed by atoms with Crippen molar-refractivity contribution in [3.05, 3.63) is 99.6 Å². The van der Waals surface area contributed by atoms with E-state index in [0.717, 1.165) is 12.1 Å². The predicted octanol–water partition coefficient (Wildman–Crippen LogP) is 6.87. The van der Waals surface area contributed by atoms with Crippen molar-refractivity contribution in [1.82, 2.24) is 10.6 Å². The Balaban J connectivity index is 1.66. The van der Waals surface area contributed by atoms with Crippen molar-refractivity contribution < 1.29 is 40.3 Å². The molecule has 2 N–H and O–H groups in total. The number of hydrogen-bond acceptors (Lipinski definition) is 3. The summed E-state index contributed by atoms with van der Waals surface area (Å²) < 4.78 is 99.9. The van der Waals surface area contributed by atoms with Gasteiger partial charge in [-0.15, -0.1) is 0 Å². The number of carbonyl (C=O) groups excluding carboxylic acids is 2. The molecule has 5 nitrogen and oxygen atoms in total. The van der Waals surface area contributed by atoms with E-state index in [2.05, 4.69) is 10.6 Å². The molecule has 0 saturated carbocycles. The molecule has 3 aromatic carbocycles. The first-order valence-electron chi connectivity index (χ1n) is 13.2. The van der Waals surface area contributed by atoms with Gasteiger partial charge in [0.2, 0.25) is 5.91 Å². The van der Waals surface area contributed by atoms with Crippen LogP contribution in [0.5, 0.6) is 0 Å². The van der Waals surface area contributed by atoms with Crippen molar-refractivity contribution >= 4 is 29.1 Å². The summed E-state index contributed by atoms with van der Waals surface area (Å²) in [5.41, 5.74) is -2.73. The number of nitrogens with zero attached hydrogens (tertiary/aromatic N) is 1. The highest BCUT2D eigenvalue weighted by molar-refractivity contribution is 6.30. The Kier molecular flexibility index (Phi) is 9.29. The molecular formula is C30H27ClF7N3O2. The van der Waals surface area contributed by atoms with Crippen molar-refractivity contribution in [2.75, 3.05) is 11.4 Å². The van der Waals surface area contributed by atoms with Crippen LogP contribution in [0.2, 0.25) is 5.02 Å². The molecule has 0 bridgehead atoms. The quantitative estimate of drug-likeness (QED) is 0.281. The highest BCUT2D eigenvalue weighted by atomic mass is 35.5. The highest BCUT2D eigenvalue weighted by Gasteiger charge is 2.43. The van der Waals surface area contributed by atoms with Crippen LogP contribution in [0.4, 0.5) is 36.4 Å². The molecule has 1 unspecified atom stereocenters. The van der Waals surface area contributed by atoms with E-state index in [1.807, 2.05) is 0 Å². The summed E-state index contributed by atoms with van der Waals surface area (Å²) in [5, 5.41) is 4.75. The summed E-state index contributed by atoms with van der Waals surface area (Å²) in [7, 11) is 0. The molecule has 230 valence electrons. The fourth-order valence-electron chi connectivity index (χ4n) is 5.04. The van der Waals surface area contributed by atoms with Gasteiger partial charge < -0.3 is 15.5 Å². The highest BCUT2D eigenvalue weighted by Crippen LogP contribution is 2.43. The van der Waals surface area contributed by atoms with Gasteiger partial charge in [0.25, 0.3) is 11.8 Å². The monoisotopic (exact) mass is 629 g/mol. The van der Waals surface area contributed by atoms with E-state index in [-0.39, 0.29) is 40.5 Å². The number of benzene rings is 3. The zero-order valence-corrected chi connectivity index (χ0v) is 23.7. The fraction of sp³-hybridized carbons (Fsp3) is 0.333. The molecule has 3 aromatic rings. The Morgan fingerprint density at radius 1 is 1.05 bits per heavy atom. The van der Waals surface area contributed by atoms with Gasteiger partial charge in [-0.1, -0.05) is 29.8 Å². The molecule has 13 heteroatoms. The van der Waals surface area contributed by atoms with Crippen molar-refractivity contribution in [1.29, 1.82) is 0 Å². The normalized spacial score (nSPS) is 17.2. The summed E-state index contributed by atoms with van der Waals surface area (Å²) in [6, 6.07) is 7.51. The van der Waals surface area contributed by atoms with Gasteiger partial charge >= 0.3 is 6.18 Å². The third kappa shape index (κ3) is 7.41. The Bertz CT molecular complexity index is 1510. The van der Waals surface area contributed by atoms with Crippen molar-refractivity contribution in [2.24, 2.45) is 0 Å². The third-order valence-corrected chi connectivity index (χ3v) is 7.32. The molecule has 1 aliphatic heterocycles. The number of hydrogen-bond donors (Lipinski definition) is 2. The molecule has 4 rings (SSSR count). The average Bonchev–Trinajstić information content (AvgIpc) is 3.02. The van der Waals surface area contributed by atoms with Crippen LogP contribution in [0.15, 0.2) is 60.7 Å². The Morgan fingerprint density at radius 3 is 2.40 bits per heavy atom. The van der Waals surface area contributed by atoms with E-state index >= 15 is 8.78 Å². The topological polar surface area (TPSA) is 61.4 Å². The number of rotatable bonds is 7. The van der Waals surface area contributed by atoms with Crippen LogP contribution in [0.3, 0.4) is 0 Å². The molecule has 0 aliphatic carbocycles. The second kappa shape index (κ2) is 12.4. The minimum Gasteiger partial charge on any atom is -0.367 e. The lowest BCUT2D eigenvalue weighted by atomic mass is 10.00. The second-order valence-corrected chi connectivity index (χ2v) is 11.0. The SMILES string of the molecule is CC(C)N1CC(NC(=O)[C@@H](Cc2ccccc2F)NC(=O)c2ccc(F)cc2C(F)(F)F)CC(F)(F)c2cc(Cl)ccc21. The Hall–Kier alpha value is -3.80. The Morgan fingerprint density at radius 2 is 1.74 bits per heavy atom. The lowest BCUT2D eigenvalue weighted by Gasteiger charge is -2.32. The maximum absolute atomic E-state index is 15.5. The molecule has 0 spiro atoms. The van der Waals surface area contributed by atoms with Gasteiger partial charge in [0.15, 0.2) is 0 Å². The number of nitrogens with one attached hydrogen (secondary N) is 2. The van der Waals surface area contributed by atoms with Gasteiger partial charge in [0.1, 0.15) is 17.7 Å². The average molecular weight is 630 g/mol. The number of fused-ring (bicyclic) bond motifs is 1. The van der Waals surface area contributed by atoms with Gasteiger partial charge in [-0.3, -0.25) is 9.59 Å². The molecule has 1 heterocycles. The van der Waals surface area contributed by atoms with Crippen LogP contribution in [0.25, 0.3) is 0 Å². The van der Waals surface area contributed by atoms with Gasteiger partial charge in [0.05, 0.1) is 17.2 Å². The molecule has 0 saturated heterocycles. The molecule has 0 radical (unpaired) electrons. The lowest BCUT2D eigenvalue weighted by molar-refractivity contribution is -0.138. The molecule has 2 amide bonds. The maximum Gasteiger partial charge on any atom is 0.417 e. The number of carbonyl (C=O) groups is 2. The van der Waals surface area contributed by atoms with Crippen LogP contribution in [-0.4, -0.2) is 36.5 Å².